The van der Waals surface area contributed by atoms with Crippen LogP contribution in [-0.2, 0) is 29.4 Å². The minimum Gasteiger partial charge on any atom is -0.437 e. The summed E-state index contributed by atoms with van der Waals surface area (Å²) >= 11 is 0. The molecular formula is C34H106O8Si8. The molecule has 0 saturated heterocycles. The van der Waals surface area contributed by atoms with Crippen molar-refractivity contribution >= 4 is 67.5 Å². The zero-order valence-corrected chi connectivity index (χ0v) is 38.5. The van der Waals surface area contributed by atoms with E-state index in [1.165, 1.54) is 0 Å². The predicted octanol–water partition coefficient (Wildman–Crippen LogP) is 14.1. The minimum atomic E-state index is -2.28. The summed E-state index contributed by atoms with van der Waals surface area (Å²) in [5, 5.41) is 9.12. The second-order valence-corrected chi connectivity index (χ2v) is 49.0. The number of aliphatic hydroxyl groups is 1. The first-order chi connectivity index (χ1) is 17.9. The van der Waals surface area contributed by atoms with Gasteiger partial charge in [0.25, 0.3) is 0 Å². The van der Waals surface area contributed by atoms with E-state index in [0.717, 1.165) is 31.5 Å². The second kappa shape index (κ2) is 31.6. The highest BCUT2D eigenvalue weighted by Gasteiger charge is 2.45. The van der Waals surface area contributed by atoms with Crippen LogP contribution in [0.1, 0.15) is 79.7 Å². The van der Waals surface area contributed by atoms with Crippen LogP contribution in [0.15, 0.2) is 0 Å². The van der Waals surface area contributed by atoms with Crippen molar-refractivity contribution in [2.24, 2.45) is 0 Å². The average molecular weight is 868 g/mol. The monoisotopic (exact) mass is 867 g/mol. The summed E-state index contributed by atoms with van der Waals surface area (Å²) in [5.74, 6) is 0. The smallest absolute Gasteiger partial charge is 0.315 e. The topological polar surface area (TPSA) is 84.8 Å². The number of methoxy groups -OCH3 is 1. The summed E-state index contributed by atoms with van der Waals surface area (Å²) < 4.78 is 43.7. The summed E-state index contributed by atoms with van der Waals surface area (Å²) in [6, 6.07) is 1.80. The van der Waals surface area contributed by atoms with Crippen LogP contribution in [0, 0.1) is 0 Å². The van der Waals surface area contributed by atoms with Crippen LogP contribution < -0.4 is 0 Å². The molecule has 0 aromatic heterocycles. The van der Waals surface area contributed by atoms with Crippen LogP contribution in [0.4, 0.5) is 0 Å². The molecule has 322 valence electrons. The van der Waals surface area contributed by atoms with Crippen molar-refractivity contribution in [2.45, 2.75) is 210 Å². The van der Waals surface area contributed by atoms with Gasteiger partial charge in [0.1, 0.15) is 0 Å². The molecule has 0 heterocycles. The first kappa shape index (κ1) is 80.0. The van der Waals surface area contributed by atoms with Gasteiger partial charge >= 0.3 is 34.2 Å². The lowest BCUT2D eigenvalue weighted by Gasteiger charge is -2.41. The van der Waals surface area contributed by atoms with E-state index in [4.69, 9.17) is 34.5 Å². The Kier molecular flexibility index (Phi) is 50.6. The summed E-state index contributed by atoms with van der Waals surface area (Å²) in [5.41, 5.74) is 0. The third kappa shape index (κ3) is 49.4. The van der Waals surface area contributed by atoms with Gasteiger partial charge in [0.15, 0.2) is 33.3 Å². The van der Waals surface area contributed by atoms with Crippen LogP contribution in [0.3, 0.4) is 0 Å². The summed E-state index contributed by atoms with van der Waals surface area (Å²) in [7, 11) is -13.6. The first-order valence-corrected chi connectivity index (χ1v) is 39.5. The maximum Gasteiger partial charge on any atom is 0.315 e. The molecule has 0 saturated carbocycles. The normalized spacial score (nSPS) is 13.9. The summed E-state index contributed by atoms with van der Waals surface area (Å²) in [4.78, 5) is 0. The van der Waals surface area contributed by atoms with E-state index in [9.17, 15) is 0 Å². The van der Waals surface area contributed by atoms with Crippen LogP contribution in [0.5, 0.6) is 0 Å². The van der Waals surface area contributed by atoms with Gasteiger partial charge < -0.3 is 34.5 Å². The van der Waals surface area contributed by atoms with Gasteiger partial charge in [-0.25, -0.2) is 0 Å². The molecule has 50 heavy (non-hydrogen) atoms. The third-order valence-electron chi connectivity index (χ3n) is 4.84. The molecule has 0 rings (SSSR count). The zero-order valence-electron chi connectivity index (χ0n) is 30.5. The van der Waals surface area contributed by atoms with Crippen molar-refractivity contribution in [1.29, 1.82) is 0 Å². The Morgan fingerprint density at radius 2 is 0.600 bits per heavy atom. The van der Waals surface area contributed by atoms with Gasteiger partial charge in [-0.1, -0.05) is 66.8 Å². The molecule has 0 aromatic carbocycles. The molecule has 2 unspecified atom stereocenters. The Labute approximate surface area is 330 Å². The van der Waals surface area contributed by atoms with Gasteiger partial charge in [0.05, 0.1) is 0 Å². The fourth-order valence-corrected chi connectivity index (χ4v) is 40.9. The number of aliphatic hydroxyl groups excluding tert-OH is 1. The molecule has 0 radical (unpaired) electrons. The molecule has 16 heteroatoms. The fourth-order valence-electron chi connectivity index (χ4n) is 5.04. The SMILES string of the molecule is C.C.C.C.C.C.C.C.C.COCCC[Si](C)(O[Si](C)(C)C)O[Si](C)(C)O[Si](C)(C)C.C[Si](C)(C)O[Si](C)(C)O[Si](C)(CCCO)O[Si](C)(C)C. The van der Waals surface area contributed by atoms with Gasteiger partial charge in [-0.05, 0) is 143 Å². The maximum atomic E-state index is 9.12. The Hall–Kier alpha value is 1.42. The molecule has 1 N–H and O–H groups in total. The van der Waals surface area contributed by atoms with Crippen molar-refractivity contribution in [3.05, 3.63) is 0 Å². The van der Waals surface area contributed by atoms with E-state index >= 15 is 0 Å². The Morgan fingerprint density at radius 3 is 0.800 bits per heavy atom. The second-order valence-electron chi connectivity index (χ2n) is 16.1. The molecule has 0 aliphatic heterocycles. The van der Waals surface area contributed by atoms with E-state index in [1.807, 2.05) is 0 Å². The maximum absolute atomic E-state index is 9.12. The molecule has 0 aromatic rings. The number of ether oxygens (including phenoxy) is 1. The van der Waals surface area contributed by atoms with Crippen molar-refractivity contribution in [1.82, 2.24) is 0 Å². The highest BCUT2D eigenvalue weighted by Crippen LogP contribution is 2.29. The van der Waals surface area contributed by atoms with E-state index < -0.39 is 67.5 Å². The summed E-state index contributed by atoms with van der Waals surface area (Å²) in [6.07, 6.45) is 1.73. The van der Waals surface area contributed by atoms with Gasteiger partial charge in [0.2, 0.25) is 0 Å². The Balaban J connectivity index is -0.0000000573. The van der Waals surface area contributed by atoms with Crippen molar-refractivity contribution in [2.75, 3.05) is 20.3 Å². The molecule has 8 nitrogen and oxygen atoms in total. The molecule has 0 amide bonds. The van der Waals surface area contributed by atoms with Crippen molar-refractivity contribution < 1.29 is 34.5 Å². The van der Waals surface area contributed by atoms with Crippen molar-refractivity contribution in [3.8, 4) is 0 Å². The van der Waals surface area contributed by atoms with Gasteiger partial charge in [-0.2, -0.15) is 0 Å². The minimum absolute atomic E-state index is 0. The van der Waals surface area contributed by atoms with Gasteiger partial charge in [-0.15, -0.1) is 0 Å². The van der Waals surface area contributed by atoms with E-state index in [-0.39, 0.29) is 73.4 Å². The standard InChI is InChI=1S/C13H36O4Si4.C12H34O4Si4.9CH4/c1-14-12-11-13-21(10,16-19(5,6)7)17-20(8,9)15-18(2,3)4;1-17(2,3)14-19(7,8)16-20(9,12-10-11-13)15-18(4,5)6;;;;;;;;;/h11-13H2,1-10H3;13H,10-12H2,1-9H3;9*1H4. The van der Waals surface area contributed by atoms with Gasteiger partial charge in [-0.3, -0.25) is 0 Å². The Bertz CT molecular complexity index is 739. The molecule has 0 fully saturated rings. The molecule has 0 bridgehead atoms. The van der Waals surface area contributed by atoms with Crippen LogP contribution >= 0.6 is 0 Å². The first-order valence-electron chi connectivity index (χ1n) is 15.2. The molecule has 0 aliphatic rings. The van der Waals surface area contributed by atoms with E-state index in [1.54, 1.807) is 7.11 Å². The molecule has 2 atom stereocenters. The van der Waals surface area contributed by atoms with E-state index in [0.29, 0.717) is 0 Å². The Morgan fingerprint density at radius 1 is 0.360 bits per heavy atom. The number of hydrogen-bond donors (Lipinski definition) is 1. The highest BCUT2D eigenvalue weighted by atomic mass is 28.5. The van der Waals surface area contributed by atoms with Crippen LogP contribution in [0.25, 0.3) is 0 Å². The average Bonchev–Trinajstić information content (AvgIpc) is 2.58. The largest absolute Gasteiger partial charge is 0.437 e. The predicted molar refractivity (Wildman–Crippen MR) is 256 cm³/mol. The lowest BCUT2D eigenvalue weighted by atomic mass is 10.5. The molecule has 0 aliphatic carbocycles. The quantitative estimate of drug-likeness (QED) is 0.102. The molecular weight excluding hydrogens is 761 g/mol. The summed E-state index contributed by atoms with van der Waals surface area (Å²) in [6.45, 7) is 40.3. The fraction of sp³-hybridized carbons (Fsp3) is 1.00. The van der Waals surface area contributed by atoms with E-state index in [2.05, 4.69) is 118 Å². The number of hydrogen-bond acceptors (Lipinski definition) is 8. The molecule has 0 spiro atoms. The zero-order chi connectivity index (χ0) is 33.2. The van der Waals surface area contributed by atoms with Crippen molar-refractivity contribution in [3.63, 3.8) is 0 Å². The third-order valence-corrected chi connectivity index (χ3v) is 31.9. The van der Waals surface area contributed by atoms with Crippen LogP contribution in [-0.4, -0.2) is 92.9 Å². The van der Waals surface area contributed by atoms with Gasteiger partial charge in [0, 0.05) is 20.3 Å². The van der Waals surface area contributed by atoms with Crippen LogP contribution in [0.2, 0.25) is 130 Å². The lowest BCUT2D eigenvalue weighted by molar-refractivity contribution is 0.195. The lowest BCUT2D eigenvalue weighted by Crippen LogP contribution is -2.56. The highest BCUT2D eigenvalue weighted by molar-refractivity contribution is 6.90. The number of rotatable bonds is 19.